The second-order valence-corrected chi connectivity index (χ2v) is 9.34. The maximum absolute atomic E-state index is 6.60. The Bertz CT molecular complexity index is 1260. The normalized spacial score (nSPS) is 16.5. The number of halogens is 1. The summed E-state index contributed by atoms with van der Waals surface area (Å²) in [6.07, 6.45) is 5.62. The highest BCUT2D eigenvalue weighted by molar-refractivity contribution is 6.36. The van der Waals surface area contributed by atoms with Gasteiger partial charge in [0.25, 0.3) is 0 Å². The van der Waals surface area contributed by atoms with Gasteiger partial charge in [0, 0.05) is 31.4 Å². The van der Waals surface area contributed by atoms with E-state index in [4.69, 9.17) is 21.3 Å². The van der Waals surface area contributed by atoms with Gasteiger partial charge < -0.3 is 15.0 Å². The molecule has 0 saturated carbocycles. The second kappa shape index (κ2) is 9.15. The smallest absolute Gasteiger partial charge is 0.223 e. The number of nitrogens with one attached hydrogen (secondary N) is 1. The standard InChI is InChI=1S/C25H29ClN6O/c1-16(2)31-13-9-19(10-14-31)33-25-24-18(5-4-6-20(24)26)15-21(30-25)17(3)29-23-7-11-27-22-8-12-28-32(22)23/h4-8,11-12,15-17,19,29H,9-10,13-14H2,1-3H3. The van der Waals surface area contributed by atoms with E-state index in [2.05, 4.69) is 53.2 Å². The van der Waals surface area contributed by atoms with Crippen molar-refractivity contribution < 1.29 is 4.74 Å². The molecule has 3 aromatic heterocycles. The topological polar surface area (TPSA) is 67.6 Å². The Labute approximate surface area is 198 Å². The number of rotatable bonds is 6. The highest BCUT2D eigenvalue weighted by atomic mass is 35.5. The molecule has 1 fully saturated rings. The minimum Gasteiger partial charge on any atom is -0.474 e. The highest BCUT2D eigenvalue weighted by Crippen LogP contribution is 2.35. The first-order valence-corrected chi connectivity index (χ1v) is 11.9. The molecule has 172 valence electrons. The van der Waals surface area contributed by atoms with Gasteiger partial charge in [-0.3, -0.25) is 0 Å². The Morgan fingerprint density at radius 1 is 1.09 bits per heavy atom. The third-order valence-electron chi connectivity index (χ3n) is 6.38. The molecule has 0 bridgehead atoms. The lowest BCUT2D eigenvalue weighted by molar-refractivity contribution is 0.0822. The zero-order valence-electron chi connectivity index (χ0n) is 19.2. The zero-order valence-corrected chi connectivity index (χ0v) is 20.0. The van der Waals surface area contributed by atoms with Crippen LogP contribution in [0.5, 0.6) is 5.88 Å². The summed E-state index contributed by atoms with van der Waals surface area (Å²) in [4.78, 5) is 11.8. The Kier molecular flexibility index (Phi) is 6.08. The molecule has 0 spiro atoms. The van der Waals surface area contributed by atoms with Crippen molar-refractivity contribution in [2.24, 2.45) is 0 Å². The van der Waals surface area contributed by atoms with Crippen LogP contribution < -0.4 is 10.1 Å². The van der Waals surface area contributed by atoms with E-state index < -0.39 is 0 Å². The fourth-order valence-corrected chi connectivity index (χ4v) is 4.73. The van der Waals surface area contributed by atoms with Gasteiger partial charge in [0.1, 0.15) is 11.9 Å². The van der Waals surface area contributed by atoms with Crippen molar-refractivity contribution in [1.82, 2.24) is 24.5 Å². The van der Waals surface area contributed by atoms with Gasteiger partial charge in [0.05, 0.1) is 28.3 Å². The highest BCUT2D eigenvalue weighted by Gasteiger charge is 2.24. The van der Waals surface area contributed by atoms with Crippen molar-refractivity contribution in [3.8, 4) is 5.88 Å². The molecule has 1 unspecified atom stereocenters. The summed E-state index contributed by atoms with van der Waals surface area (Å²) in [5.74, 6) is 1.47. The van der Waals surface area contributed by atoms with Gasteiger partial charge in [-0.2, -0.15) is 9.61 Å². The van der Waals surface area contributed by atoms with E-state index in [1.165, 1.54) is 0 Å². The molecule has 4 heterocycles. The first kappa shape index (κ1) is 21.9. The van der Waals surface area contributed by atoms with Gasteiger partial charge >= 0.3 is 0 Å². The number of hydrogen-bond acceptors (Lipinski definition) is 6. The molecule has 8 heteroatoms. The van der Waals surface area contributed by atoms with Crippen molar-refractivity contribution in [3.05, 3.63) is 59.5 Å². The van der Waals surface area contributed by atoms with Crippen molar-refractivity contribution in [3.63, 3.8) is 0 Å². The minimum atomic E-state index is -0.0756. The van der Waals surface area contributed by atoms with Crippen LogP contribution in [-0.2, 0) is 0 Å². The molecule has 1 aliphatic rings. The molecule has 1 aromatic carbocycles. The van der Waals surface area contributed by atoms with Crippen LogP contribution in [-0.4, -0.2) is 49.7 Å². The molecule has 0 amide bonds. The summed E-state index contributed by atoms with van der Waals surface area (Å²) >= 11 is 6.60. The molecule has 1 aliphatic heterocycles. The summed E-state index contributed by atoms with van der Waals surface area (Å²) in [5, 5.41) is 10.4. The Hall–Kier alpha value is -2.90. The Morgan fingerprint density at radius 3 is 2.70 bits per heavy atom. The second-order valence-electron chi connectivity index (χ2n) is 8.93. The molecule has 5 rings (SSSR count). The summed E-state index contributed by atoms with van der Waals surface area (Å²) < 4.78 is 8.28. The van der Waals surface area contributed by atoms with Gasteiger partial charge in [0.15, 0.2) is 5.65 Å². The number of ether oxygens (including phenoxy) is 1. The number of piperidine rings is 1. The van der Waals surface area contributed by atoms with Crippen LogP contribution in [0.3, 0.4) is 0 Å². The fraction of sp³-hybridized carbons (Fsp3) is 0.400. The van der Waals surface area contributed by atoms with Gasteiger partial charge in [-0.25, -0.2) is 9.97 Å². The van der Waals surface area contributed by atoms with Crippen LogP contribution in [0.2, 0.25) is 5.02 Å². The first-order valence-electron chi connectivity index (χ1n) is 11.5. The molecular weight excluding hydrogens is 436 g/mol. The maximum atomic E-state index is 6.60. The SMILES string of the molecule is CC(Nc1ccnc2ccnn12)c1cc2cccc(Cl)c2c(OC2CCN(C(C)C)CC2)n1. The number of fused-ring (bicyclic) bond motifs is 2. The molecule has 0 aliphatic carbocycles. The molecule has 1 atom stereocenters. The van der Waals surface area contributed by atoms with Crippen LogP contribution in [0.1, 0.15) is 45.3 Å². The number of nitrogens with zero attached hydrogens (tertiary/aromatic N) is 5. The number of hydrogen-bond donors (Lipinski definition) is 1. The van der Waals surface area contributed by atoms with E-state index in [0.29, 0.717) is 16.9 Å². The number of anilines is 1. The van der Waals surface area contributed by atoms with E-state index in [1.54, 1.807) is 16.9 Å². The number of pyridine rings is 1. The van der Waals surface area contributed by atoms with E-state index in [1.807, 2.05) is 24.3 Å². The Morgan fingerprint density at radius 2 is 1.91 bits per heavy atom. The van der Waals surface area contributed by atoms with Gasteiger partial charge in [-0.15, -0.1) is 0 Å². The molecule has 1 saturated heterocycles. The predicted octanol–water partition coefficient (Wildman–Crippen LogP) is 5.36. The van der Waals surface area contributed by atoms with E-state index in [-0.39, 0.29) is 12.1 Å². The largest absolute Gasteiger partial charge is 0.474 e. The molecule has 7 nitrogen and oxygen atoms in total. The van der Waals surface area contributed by atoms with Crippen molar-refractivity contribution in [2.75, 3.05) is 18.4 Å². The monoisotopic (exact) mass is 464 g/mol. The lowest BCUT2D eigenvalue weighted by Gasteiger charge is -2.34. The summed E-state index contributed by atoms with van der Waals surface area (Å²) in [5.41, 5.74) is 1.68. The number of likely N-dealkylation sites (tertiary alicyclic amines) is 1. The van der Waals surface area contributed by atoms with E-state index in [9.17, 15) is 0 Å². The van der Waals surface area contributed by atoms with Crippen molar-refractivity contribution >= 4 is 33.8 Å². The Balaban J connectivity index is 1.44. The summed E-state index contributed by atoms with van der Waals surface area (Å²) in [6, 6.07) is 12.3. The van der Waals surface area contributed by atoms with Crippen LogP contribution in [0.15, 0.2) is 48.8 Å². The summed E-state index contributed by atoms with van der Waals surface area (Å²) in [6.45, 7) is 8.64. The third kappa shape index (κ3) is 4.48. The lowest BCUT2D eigenvalue weighted by Crippen LogP contribution is -2.41. The average Bonchev–Trinajstić information content (AvgIpc) is 3.29. The van der Waals surface area contributed by atoms with Gasteiger partial charge in [-0.1, -0.05) is 23.7 Å². The third-order valence-corrected chi connectivity index (χ3v) is 6.69. The van der Waals surface area contributed by atoms with E-state index >= 15 is 0 Å². The minimum absolute atomic E-state index is 0.0756. The molecule has 4 aromatic rings. The quantitative estimate of drug-likeness (QED) is 0.414. The number of benzene rings is 1. The zero-order chi connectivity index (χ0) is 22.9. The number of aromatic nitrogens is 4. The average molecular weight is 465 g/mol. The summed E-state index contributed by atoms with van der Waals surface area (Å²) in [7, 11) is 0. The van der Waals surface area contributed by atoms with Crippen LogP contribution in [0.4, 0.5) is 5.82 Å². The van der Waals surface area contributed by atoms with Crippen LogP contribution in [0.25, 0.3) is 16.4 Å². The lowest BCUT2D eigenvalue weighted by atomic mass is 10.1. The van der Waals surface area contributed by atoms with Crippen LogP contribution in [0, 0.1) is 0 Å². The fourth-order valence-electron chi connectivity index (χ4n) is 4.47. The molecular formula is C25H29ClN6O. The molecule has 0 radical (unpaired) electrons. The van der Waals surface area contributed by atoms with Crippen LogP contribution >= 0.6 is 11.6 Å². The van der Waals surface area contributed by atoms with Crippen molar-refractivity contribution in [1.29, 1.82) is 0 Å². The maximum Gasteiger partial charge on any atom is 0.223 e. The van der Waals surface area contributed by atoms with Gasteiger partial charge in [0.2, 0.25) is 5.88 Å². The molecule has 1 N–H and O–H groups in total. The van der Waals surface area contributed by atoms with E-state index in [0.717, 1.165) is 53.9 Å². The van der Waals surface area contributed by atoms with Crippen molar-refractivity contribution in [2.45, 2.75) is 51.8 Å². The first-order chi connectivity index (χ1) is 16.0. The predicted molar refractivity (Wildman–Crippen MR) is 132 cm³/mol. The molecule has 33 heavy (non-hydrogen) atoms. The van der Waals surface area contributed by atoms with Gasteiger partial charge in [-0.05, 0) is 57.2 Å².